The molecule has 0 bridgehead atoms. The van der Waals surface area contributed by atoms with Gasteiger partial charge in [0.2, 0.25) is 5.91 Å². The number of likely N-dealkylation sites (N-methyl/N-ethyl adjacent to an activating group) is 1. The molecule has 0 saturated heterocycles. The smallest absolute Gasteiger partial charge is 0.223 e. The van der Waals surface area contributed by atoms with Gasteiger partial charge >= 0.3 is 0 Å². The predicted molar refractivity (Wildman–Crippen MR) is 105 cm³/mol. The minimum absolute atomic E-state index is 0.0649. The molecule has 0 aliphatic rings. The molecule has 0 fully saturated rings. The topological polar surface area (TPSA) is 23.6 Å². The number of amides is 1. The third-order valence-corrected chi connectivity index (χ3v) is 4.60. The van der Waals surface area contributed by atoms with Gasteiger partial charge < -0.3 is 9.80 Å². The molecule has 0 aromatic heterocycles. The summed E-state index contributed by atoms with van der Waals surface area (Å²) in [6.07, 6.45) is 1.15. The van der Waals surface area contributed by atoms with E-state index in [2.05, 4.69) is 32.0 Å². The number of benzene rings is 2. The SMILES string of the molecule is Cc1ccc(CCC(=O)N(CCN(C)C)Cc2ccccc2F)c(C)c1. The first-order valence-corrected chi connectivity index (χ1v) is 9.09. The van der Waals surface area contributed by atoms with Gasteiger partial charge in [0.1, 0.15) is 5.82 Å². The molecule has 2 rings (SSSR count). The molecule has 26 heavy (non-hydrogen) atoms. The average Bonchev–Trinajstić information content (AvgIpc) is 2.59. The molecular formula is C22H29FN2O. The Balaban J connectivity index is 2.05. The summed E-state index contributed by atoms with van der Waals surface area (Å²) in [5.41, 5.74) is 4.20. The van der Waals surface area contributed by atoms with E-state index in [0.717, 1.165) is 6.54 Å². The van der Waals surface area contributed by atoms with Crippen molar-refractivity contribution in [2.75, 3.05) is 27.2 Å². The molecule has 0 heterocycles. The number of rotatable bonds is 8. The van der Waals surface area contributed by atoms with Crippen molar-refractivity contribution in [3.05, 3.63) is 70.5 Å². The van der Waals surface area contributed by atoms with E-state index in [4.69, 9.17) is 0 Å². The molecule has 1 amide bonds. The van der Waals surface area contributed by atoms with E-state index in [0.29, 0.717) is 31.5 Å². The highest BCUT2D eigenvalue weighted by Crippen LogP contribution is 2.15. The lowest BCUT2D eigenvalue weighted by molar-refractivity contribution is -0.132. The Kier molecular flexibility index (Phi) is 7.34. The second-order valence-electron chi connectivity index (χ2n) is 7.14. The first-order chi connectivity index (χ1) is 12.4. The molecule has 140 valence electrons. The van der Waals surface area contributed by atoms with Crippen LogP contribution < -0.4 is 0 Å². The van der Waals surface area contributed by atoms with Gasteiger partial charge in [-0.3, -0.25) is 4.79 Å². The van der Waals surface area contributed by atoms with Crippen LogP contribution in [0.25, 0.3) is 0 Å². The monoisotopic (exact) mass is 356 g/mol. The molecule has 0 radical (unpaired) electrons. The molecule has 0 unspecified atom stereocenters. The van der Waals surface area contributed by atoms with Crippen LogP contribution in [0.15, 0.2) is 42.5 Å². The van der Waals surface area contributed by atoms with E-state index in [-0.39, 0.29) is 11.7 Å². The molecule has 0 atom stereocenters. The summed E-state index contributed by atoms with van der Waals surface area (Å²) < 4.78 is 14.0. The number of nitrogens with zero attached hydrogens (tertiary/aromatic N) is 2. The van der Waals surface area contributed by atoms with Gasteiger partial charge in [0.25, 0.3) is 0 Å². The number of hydrogen-bond donors (Lipinski definition) is 0. The Morgan fingerprint density at radius 1 is 1.00 bits per heavy atom. The van der Waals surface area contributed by atoms with Crippen LogP contribution in [0.2, 0.25) is 0 Å². The molecule has 0 spiro atoms. The molecule has 4 heteroatoms. The van der Waals surface area contributed by atoms with E-state index >= 15 is 0 Å². The number of hydrogen-bond acceptors (Lipinski definition) is 2. The third kappa shape index (κ3) is 5.95. The lowest BCUT2D eigenvalue weighted by Crippen LogP contribution is -2.36. The van der Waals surface area contributed by atoms with Crippen molar-refractivity contribution in [1.82, 2.24) is 9.80 Å². The van der Waals surface area contributed by atoms with Gasteiger partial charge in [0.15, 0.2) is 0 Å². The van der Waals surface area contributed by atoms with Crippen molar-refractivity contribution in [3.8, 4) is 0 Å². The lowest BCUT2D eigenvalue weighted by atomic mass is 10.0. The second-order valence-corrected chi connectivity index (χ2v) is 7.14. The minimum Gasteiger partial charge on any atom is -0.337 e. The second kappa shape index (κ2) is 9.48. The van der Waals surface area contributed by atoms with E-state index in [1.54, 1.807) is 17.0 Å². The number of carbonyl (C=O) groups is 1. The first kappa shape index (κ1) is 20.1. The fraction of sp³-hybridized carbons (Fsp3) is 0.409. The number of aryl methyl sites for hydroxylation is 3. The van der Waals surface area contributed by atoms with Gasteiger partial charge in [0, 0.05) is 31.6 Å². The molecule has 0 N–H and O–H groups in total. The summed E-state index contributed by atoms with van der Waals surface area (Å²) >= 11 is 0. The van der Waals surface area contributed by atoms with Gasteiger partial charge in [-0.2, -0.15) is 0 Å². The van der Waals surface area contributed by atoms with Crippen molar-refractivity contribution < 1.29 is 9.18 Å². The van der Waals surface area contributed by atoms with E-state index in [1.165, 1.54) is 22.8 Å². The maximum Gasteiger partial charge on any atom is 0.223 e. The maximum atomic E-state index is 14.0. The van der Waals surface area contributed by atoms with Crippen LogP contribution >= 0.6 is 0 Å². The zero-order chi connectivity index (χ0) is 19.1. The molecule has 2 aromatic carbocycles. The van der Waals surface area contributed by atoms with Crippen LogP contribution in [-0.4, -0.2) is 42.9 Å². The van der Waals surface area contributed by atoms with Crippen LogP contribution in [0.3, 0.4) is 0 Å². The third-order valence-electron chi connectivity index (χ3n) is 4.60. The predicted octanol–water partition coefficient (Wildman–Crippen LogP) is 3.97. The first-order valence-electron chi connectivity index (χ1n) is 9.09. The van der Waals surface area contributed by atoms with Crippen LogP contribution in [0.1, 0.15) is 28.7 Å². The molecule has 3 nitrogen and oxygen atoms in total. The molecule has 0 saturated carbocycles. The highest BCUT2D eigenvalue weighted by atomic mass is 19.1. The van der Waals surface area contributed by atoms with Crippen LogP contribution in [-0.2, 0) is 17.8 Å². The van der Waals surface area contributed by atoms with Crippen molar-refractivity contribution >= 4 is 5.91 Å². The number of halogens is 1. The highest BCUT2D eigenvalue weighted by Gasteiger charge is 2.16. The summed E-state index contributed by atoms with van der Waals surface area (Å²) in [6.45, 7) is 5.80. The molecule has 0 aliphatic carbocycles. The summed E-state index contributed by atoms with van der Waals surface area (Å²) in [5.74, 6) is -0.195. The zero-order valence-corrected chi connectivity index (χ0v) is 16.3. The van der Waals surface area contributed by atoms with Crippen molar-refractivity contribution in [2.24, 2.45) is 0 Å². The van der Waals surface area contributed by atoms with Gasteiger partial charge in [-0.1, -0.05) is 42.0 Å². The van der Waals surface area contributed by atoms with Crippen molar-refractivity contribution in [2.45, 2.75) is 33.2 Å². The normalized spacial score (nSPS) is 11.0. The minimum atomic E-state index is -0.260. The van der Waals surface area contributed by atoms with Crippen LogP contribution in [0, 0.1) is 19.7 Å². The Bertz CT molecular complexity index is 743. The van der Waals surface area contributed by atoms with Gasteiger partial charge in [-0.25, -0.2) is 4.39 Å². The quantitative estimate of drug-likeness (QED) is 0.715. The summed E-state index contributed by atoms with van der Waals surface area (Å²) in [6, 6.07) is 13.0. The highest BCUT2D eigenvalue weighted by molar-refractivity contribution is 5.76. The van der Waals surface area contributed by atoms with Crippen LogP contribution in [0.5, 0.6) is 0 Å². The molecule has 0 aliphatic heterocycles. The van der Waals surface area contributed by atoms with E-state index in [9.17, 15) is 9.18 Å². The van der Waals surface area contributed by atoms with Gasteiger partial charge in [-0.15, -0.1) is 0 Å². The van der Waals surface area contributed by atoms with Gasteiger partial charge in [-0.05, 0) is 51.6 Å². The Morgan fingerprint density at radius 3 is 2.38 bits per heavy atom. The van der Waals surface area contributed by atoms with E-state index in [1.807, 2.05) is 25.1 Å². The van der Waals surface area contributed by atoms with E-state index < -0.39 is 0 Å². The molecule has 2 aromatic rings. The summed E-state index contributed by atoms with van der Waals surface area (Å²) in [4.78, 5) is 16.6. The lowest BCUT2D eigenvalue weighted by Gasteiger charge is -2.25. The summed E-state index contributed by atoms with van der Waals surface area (Å²) in [5, 5.41) is 0. The fourth-order valence-corrected chi connectivity index (χ4v) is 2.97. The fourth-order valence-electron chi connectivity index (χ4n) is 2.97. The van der Waals surface area contributed by atoms with Gasteiger partial charge in [0.05, 0.1) is 0 Å². The van der Waals surface area contributed by atoms with Crippen molar-refractivity contribution in [3.63, 3.8) is 0 Å². The largest absolute Gasteiger partial charge is 0.337 e. The maximum absolute atomic E-state index is 14.0. The summed E-state index contributed by atoms with van der Waals surface area (Å²) in [7, 11) is 3.95. The Hall–Kier alpha value is -2.20. The van der Waals surface area contributed by atoms with Crippen LogP contribution in [0.4, 0.5) is 4.39 Å². The Labute approximate surface area is 156 Å². The average molecular weight is 356 g/mol. The standard InChI is InChI=1S/C22H29FN2O/c1-17-9-10-19(18(2)15-17)11-12-22(26)25(14-13-24(3)4)16-20-7-5-6-8-21(20)23/h5-10,15H,11-14,16H2,1-4H3. The Morgan fingerprint density at radius 2 is 1.73 bits per heavy atom. The molecular weight excluding hydrogens is 327 g/mol. The number of carbonyl (C=O) groups excluding carboxylic acids is 1. The zero-order valence-electron chi connectivity index (χ0n) is 16.3. The van der Waals surface area contributed by atoms with Crippen molar-refractivity contribution in [1.29, 1.82) is 0 Å².